The van der Waals surface area contributed by atoms with E-state index in [2.05, 4.69) is 36.1 Å². The largest absolute Gasteiger partial charge is 0.527 e. The standard InChI is InChI=1S/C17H24N2O3/c1-3-21-17(20)22-18-11-15-9-13(2)19(16(15)12-18)10-14-7-5-4-6-8-14/h4-8,13,15-16H,3,9-12H2,1-2H3. The first-order chi connectivity index (χ1) is 10.7. The zero-order valence-corrected chi connectivity index (χ0v) is 13.3. The van der Waals surface area contributed by atoms with Gasteiger partial charge in [0.05, 0.1) is 13.2 Å². The maximum absolute atomic E-state index is 11.5. The molecule has 1 aromatic rings. The highest BCUT2D eigenvalue weighted by molar-refractivity contribution is 5.59. The Labute approximate surface area is 131 Å². The van der Waals surface area contributed by atoms with E-state index in [9.17, 15) is 4.79 Å². The Morgan fingerprint density at radius 3 is 2.77 bits per heavy atom. The number of rotatable bonds is 4. The number of hydrogen-bond donors (Lipinski definition) is 0. The SMILES string of the molecule is CCOC(=O)ON1CC2CC(C)N(Cc3ccccc3)C2C1. The molecule has 2 saturated heterocycles. The van der Waals surface area contributed by atoms with E-state index in [4.69, 9.17) is 9.57 Å². The average molecular weight is 304 g/mol. The number of hydroxylamine groups is 2. The molecule has 0 N–H and O–H groups in total. The van der Waals surface area contributed by atoms with Crippen LogP contribution in [0.3, 0.4) is 0 Å². The van der Waals surface area contributed by atoms with Gasteiger partial charge in [-0.25, -0.2) is 4.79 Å². The molecular formula is C17H24N2O3. The fourth-order valence-corrected chi connectivity index (χ4v) is 3.71. The first-order valence-electron chi connectivity index (χ1n) is 8.06. The second-order valence-corrected chi connectivity index (χ2v) is 6.19. The molecule has 0 spiro atoms. The highest BCUT2D eigenvalue weighted by atomic mass is 16.8. The molecule has 5 heteroatoms. The third-order valence-corrected chi connectivity index (χ3v) is 4.68. The molecule has 120 valence electrons. The number of nitrogens with zero attached hydrogens (tertiary/aromatic N) is 2. The van der Waals surface area contributed by atoms with Crippen LogP contribution < -0.4 is 0 Å². The van der Waals surface area contributed by atoms with Crippen molar-refractivity contribution in [3.63, 3.8) is 0 Å². The lowest BCUT2D eigenvalue weighted by Gasteiger charge is -2.28. The van der Waals surface area contributed by atoms with Gasteiger partial charge in [0.25, 0.3) is 0 Å². The maximum atomic E-state index is 11.5. The molecule has 2 heterocycles. The Hall–Kier alpha value is -1.59. The fourth-order valence-electron chi connectivity index (χ4n) is 3.71. The van der Waals surface area contributed by atoms with Crippen molar-refractivity contribution >= 4 is 6.16 Å². The minimum atomic E-state index is -0.592. The minimum Gasteiger partial charge on any atom is -0.433 e. The third kappa shape index (κ3) is 3.25. The zero-order chi connectivity index (χ0) is 15.5. The van der Waals surface area contributed by atoms with Crippen LogP contribution >= 0.6 is 0 Å². The lowest BCUT2D eigenvalue weighted by Crippen LogP contribution is -2.38. The van der Waals surface area contributed by atoms with Gasteiger partial charge >= 0.3 is 6.16 Å². The Morgan fingerprint density at radius 2 is 2.05 bits per heavy atom. The van der Waals surface area contributed by atoms with E-state index in [1.54, 1.807) is 12.0 Å². The van der Waals surface area contributed by atoms with Crippen molar-refractivity contribution in [2.24, 2.45) is 5.92 Å². The molecule has 0 aliphatic carbocycles. The number of ether oxygens (including phenoxy) is 1. The normalized spacial score (nSPS) is 28.5. The van der Waals surface area contributed by atoms with Gasteiger partial charge < -0.3 is 9.57 Å². The van der Waals surface area contributed by atoms with E-state index >= 15 is 0 Å². The zero-order valence-electron chi connectivity index (χ0n) is 13.3. The van der Waals surface area contributed by atoms with Crippen LogP contribution in [0.4, 0.5) is 4.79 Å². The summed E-state index contributed by atoms with van der Waals surface area (Å²) in [5, 5.41) is 1.76. The van der Waals surface area contributed by atoms with Crippen molar-refractivity contribution in [2.75, 3.05) is 19.7 Å². The summed E-state index contributed by atoms with van der Waals surface area (Å²) in [4.78, 5) is 19.3. The molecule has 3 atom stereocenters. The Balaban J connectivity index is 1.61. The summed E-state index contributed by atoms with van der Waals surface area (Å²) in [6.07, 6.45) is 0.560. The fraction of sp³-hybridized carbons (Fsp3) is 0.588. The van der Waals surface area contributed by atoms with Crippen molar-refractivity contribution in [2.45, 2.75) is 38.9 Å². The van der Waals surface area contributed by atoms with E-state index in [1.807, 2.05) is 6.07 Å². The van der Waals surface area contributed by atoms with E-state index < -0.39 is 6.16 Å². The number of carbonyl (C=O) groups excluding carboxylic acids is 1. The molecule has 0 amide bonds. The van der Waals surface area contributed by atoms with Crippen LogP contribution in [0.2, 0.25) is 0 Å². The smallest absolute Gasteiger partial charge is 0.433 e. The van der Waals surface area contributed by atoms with Crippen molar-refractivity contribution in [3.8, 4) is 0 Å². The summed E-state index contributed by atoms with van der Waals surface area (Å²) < 4.78 is 4.85. The van der Waals surface area contributed by atoms with Gasteiger partial charge in [0.1, 0.15) is 0 Å². The topological polar surface area (TPSA) is 42.0 Å². The number of hydrogen-bond acceptors (Lipinski definition) is 5. The summed E-state index contributed by atoms with van der Waals surface area (Å²) >= 11 is 0. The van der Waals surface area contributed by atoms with Gasteiger partial charge in [-0.3, -0.25) is 4.90 Å². The van der Waals surface area contributed by atoms with Crippen molar-refractivity contribution in [1.29, 1.82) is 0 Å². The second-order valence-electron chi connectivity index (χ2n) is 6.19. The van der Waals surface area contributed by atoms with Crippen LogP contribution in [0.25, 0.3) is 0 Å². The minimum absolute atomic E-state index is 0.344. The molecular weight excluding hydrogens is 280 g/mol. The van der Waals surface area contributed by atoms with Crippen molar-refractivity contribution in [3.05, 3.63) is 35.9 Å². The summed E-state index contributed by atoms with van der Waals surface area (Å²) in [7, 11) is 0. The van der Waals surface area contributed by atoms with Crippen LogP contribution in [0.15, 0.2) is 30.3 Å². The molecule has 3 rings (SSSR count). The van der Waals surface area contributed by atoms with Gasteiger partial charge in [-0.1, -0.05) is 30.3 Å². The quantitative estimate of drug-likeness (QED) is 0.800. The maximum Gasteiger partial charge on any atom is 0.527 e. The molecule has 5 nitrogen and oxygen atoms in total. The van der Waals surface area contributed by atoms with E-state index in [0.717, 1.165) is 26.1 Å². The average Bonchev–Trinajstić information content (AvgIpc) is 2.99. The lowest BCUT2D eigenvalue weighted by molar-refractivity contribution is -0.118. The highest BCUT2D eigenvalue weighted by Crippen LogP contribution is 2.36. The number of benzene rings is 1. The Bertz CT molecular complexity index is 508. The van der Waals surface area contributed by atoms with Gasteiger partial charge in [-0.05, 0) is 31.7 Å². The summed E-state index contributed by atoms with van der Waals surface area (Å²) in [5.41, 5.74) is 1.33. The molecule has 0 aromatic heterocycles. The van der Waals surface area contributed by atoms with E-state index in [0.29, 0.717) is 24.6 Å². The van der Waals surface area contributed by atoms with Crippen LogP contribution in [0.5, 0.6) is 0 Å². The van der Waals surface area contributed by atoms with Crippen molar-refractivity contribution < 1.29 is 14.4 Å². The van der Waals surface area contributed by atoms with Gasteiger partial charge in [0, 0.05) is 25.2 Å². The van der Waals surface area contributed by atoms with E-state index in [-0.39, 0.29) is 0 Å². The first-order valence-corrected chi connectivity index (χ1v) is 8.06. The van der Waals surface area contributed by atoms with Gasteiger partial charge in [-0.2, -0.15) is 0 Å². The van der Waals surface area contributed by atoms with Gasteiger partial charge in [-0.15, -0.1) is 5.06 Å². The highest BCUT2D eigenvalue weighted by Gasteiger charge is 2.46. The molecule has 0 radical (unpaired) electrons. The molecule has 3 unspecified atom stereocenters. The summed E-state index contributed by atoms with van der Waals surface area (Å²) in [6, 6.07) is 11.6. The monoisotopic (exact) mass is 304 g/mol. The number of likely N-dealkylation sites (tertiary alicyclic amines) is 1. The molecule has 2 aliphatic rings. The Morgan fingerprint density at radius 1 is 1.27 bits per heavy atom. The van der Waals surface area contributed by atoms with Gasteiger partial charge in [0.2, 0.25) is 0 Å². The molecule has 1 aromatic carbocycles. The molecule has 0 bridgehead atoms. The molecule has 2 aliphatic heterocycles. The molecule has 0 saturated carbocycles. The molecule has 22 heavy (non-hydrogen) atoms. The molecule has 2 fully saturated rings. The van der Waals surface area contributed by atoms with E-state index in [1.165, 1.54) is 5.56 Å². The van der Waals surface area contributed by atoms with Crippen LogP contribution in [0, 0.1) is 5.92 Å². The lowest BCUT2D eigenvalue weighted by atomic mass is 10.0. The summed E-state index contributed by atoms with van der Waals surface area (Å²) in [6.45, 7) is 6.94. The van der Waals surface area contributed by atoms with Gasteiger partial charge in [0.15, 0.2) is 0 Å². The first kappa shape index (κ1) is 15.3. The predicted octanol–water partition coefficient (Wildman–Crippen LogP) is 2.67. The Kier molecular flexibility index (Phi) is 4.64. The predicted molar refractivity (Wildman–Crippen MR) is 83.0 cm³/mol. The van der Waals surface area contributed by atoms with Crippen LogP contribution in [-0.2, 0) is 16.1 Å². The van der Waals surface area contributed by atoms with Crippen LogP contribution in [0.1, 0.15) is 25.8 Å². The number of fused-ring (bicyclic) bond motifs is 1. The third-order valence-electron chi connectivity index (χ3n) is 4.68. The summed E-state index contributed by atoms with van der Waals surface area (Å²) in [5.74, 6) is 0.563. The van der Waals surface area contributed by atoms with Crippen molar-refractivity contribution in [1.82, 2.24) is 9.96 Å². The number of carbonyl (C=O) groups is 1. The van der Waals surface area contributed by atoms with Crippen LogP contribution in [-0.4, -0.2) is 47.9 Å². The second kappa shape index (κ2) is 6.67.